The fourth-order valence-electron chi connectivity index (χ4n) is 7.72. The van der Waals surface area contributed by atoms with Gasteiger partial charge in [0.15, 0.2) is 17.5 Å². The van der Waals surface area contributed by atoms with Gasteiger partial charge in [0.1, 0.15) is 22.3 Å². The molecule has 0 saturated heterocycles. The lowest BCUT2D eigenvalue weighted by Gasteiger charge is -2.10. The molecule has 0 unspecified atom stereocenters. The number of benzene rings is 8. The van der Waals surface area contributed by atoms with E-state index in [1.54, 1.807) is 0 Å². The topological polar surface area (TPSA) is 65.0 Å². The Hall–Kier alpha value is -7.37. The summed E-state index contributed by atoms with van der Waals surface area (Å²) in [6.07, 6.45) is 0. The van der Waals surface area contributed by atoms with Crippen LogP contribution in [0, 0.1) is 0 Å². The number of furan rings is 2. The average molecular weight is 692 g/mol. The monoisotopic (exact) mass is 691 g/mol. The molecule has 5 nitrogen and oxygen atoms in total. The number of hydrogen-bond donors (Lipinski definition) is 0. The van der Waals surface area contributed by atoms with Crippen LogP contribution in [0.1, 0.15) is 0 Å². The third-order valence-electron chi connectivity index (χ3n) is 10.3. The number of fused-ring (bicyclic) bond motifs is 7. The van der Waals surface area contributed by atoms with Crippen molar-refractivity contribution in [2.45, 2.75) is 0 Å². The summed E-state index contributed by atoms with van der Waals surface area (Å²) < 4.78 is 12.8. The van der Waals surface area contributed by atoms with Crippen molar-refractivity contribution in [2.75, 3.05) is 0 Å². The van der Waals surface area contributed by atoms with Gasteiger partial charge < -0.3 is 8.83 Å². The molecule has 0 amide bonds. The zero-order valence-corrected chi connectivity index (χ0v) is 28.9. The van der Waals surface area contributed by atoms with E-state index in [1.807, 2.05) is 78.9 Å². The molecule has 0 spiro atoms. The molecule has 252 valence electrons. The Morgan fingerprint density at radius 3 is 1.44 bits per heavy atom. The van der Waals surface area contributed by atoms with Gasteiger partial charge in [-0.3, -0.25) is 0 Å². The van der Waals surface area contributed by atoms with E-state index in [4.69, 9.17) is 23.8 Å². The van der Waals surface area contributed by atoms with Crippen molar-refractivity contribution in [3.05, 3.63) is 176 Å². The highest BCUT2D eigenvalue weighted by atomic mass is 16.3. The summed E-state index contributed by atoms with van der Waals surface area (Å²) in [6.45, 7) is 0. The molecular weight excluding hydrogens is 663 g/mol. The Morgan fingerprint density at radius 2 is 0.778 bits per heavy atom. The molecule has 0 aliphatic heterocycles. The zero-order chi connectivity index (χ0) is 35.6. The Morgan fingerprint density at radius 1 is 0.296 bits per heavy atom. The second-order valence-electron chi connectivity index (χ2n) is 13.6. The van der Waals surface area contributed by atoms with Crippen molar-refractivity contribution in [3.8, 4) is 56.4 Å². The molecule has 5 heteroatoms. The second-order valence-corrected chi connectivity index (χ2v) is 13.6. The standard InChI is InChI=1S/C49H29N3O2/c1-3-11-30(12-4-1)32-21-22-34-28-35(24-23-33(34)27-32)36-25-26-38-44(29-36)54-43-20-10-17-40(46(38)43)49-51-47(31-13-5-2-6-14-31)50-48(52-49)39-16-9-19-42-45(39)37-15-7-8-18-41(37)53-42/h1-29H. The molecule has 0 fully saturated rings. The van der Waals surface area contributed by atoms with Gasteiger partial charge in [-0.1, -0.05) is 133 Å². The first-order valence-electron chi connectivity index (χ1n) is 18.0. The Balaban J connectivity index is 1.05. The van der Waals surface area contributed by atoms with Crippen molar-refractivity contribution < 1.29 is 8.83 Å². The third-order valence-corrected chi connectivity index (χ3v) is 10.3. The molecule has 0 saturated carbocycles. The highest BCUT2D eigenvalue weighted by molar-refractivity contribution is 6.14. The second kappa shape index (κ2) is 12.1. The highest BCUT2D eigenvalue weighted by Gasteiger charge is 2.20. The van der Waals surface area contributed by atoms with E-state index in [9.17, 15) is 0 Å². The Bertz CT molecular complexity index is 3220. The van der Waals surface area contributed by atoms with Crippen LogP contribution in [0.15, 0.2) is 185 Å². The summed E-state index contributed by atoms with van der Waals surface area (Å²) in [5, 5.41) is 6.37. The molecule has 54 heavy (non-hydrogen) atoms. The van der Waals surface area contributed by atoms with Crippen LogP contribution in [-0.4, -0.2) is 15.0 Å². The molecule has 0 aliphatic carbocycles. The smallest absolute Gasteiger partial charge is 0.164 e. The first-order chi connectivity index (χ1) is 26.7. The number of aromatic nitrogens is 3. The van der Waals surface area contributed by atoms with E-state index in [2.05, 4.69) is 97.1 Å². The van der Waals surface area contributed by atoms with Crippen LogP contribution in [0.2, 0.25) is 0 Å². The van der Waals surface area contributed by atoms with E-state index in [-0.39, 0.29) is 0 Å². The fraction of sp³-hybridized carbons (Fsp3) is 0. The van der Waals surface area contributed by atoms with E-state index in [0.29, 0.717) is 17.5 Å². The van der Waals surface area contributed by atoms with E-state index in [0.717, 1.165) is 71.7 Å². The maximum Gasteiger partial charge on any atom is 0.164 e. The van der Waals surface area contributed by atoms with Crippen molar-refractivity contribution in [2.24, 2.45) is 0 Å². The van der Waals surface area contributed by atoms with E-state index >= 15 is 0 Å². The maximum atomic E-state index is 6.57. The SMILES string of the molecule is c1ccc(-c2ccc3cc(-c4ccc5c(c4)oc4cccc(-c6nc(-c7ccccc7)nc(-c7cccc8oc9ccccc9c78)n6)c45)ccc3c2)cc1. The summed E-state index contributed by atoms with van der Waals surface area (Å²) >= 11 is 0. The molecule has 0 atom stereocenters. The van der Waals surface area contributed by atoms with Gasteiger partial charge in [0, 0.05) is 38.2 Å². The molecule has 3 heterocycles. The first kappa shape index (κ1) is 30.3. The van der Waals surface area contributed by atoms with Gasteiger partial charge in [0.05, 0.1) is 0 Å². The van der Waals surface area contributed by atoms with Crippen LogP contribution in [-0.2, 0) is 0 Å². The third kappa shape index (κ3) is 4.98. The van der Waals surface area contributed by atoms with Gasteiger partial charge in [-0.05, 0) is 75.5 Å². The Kier molecular flexibility index (Phi) is 6.79. The molecule has 0 radical (unpaired) electrons. The molecule has 0 aliphatic rings. The summed E-state index contributed by atoms with van der Waals surface area (Å²) in [5.74, 6) is 1.75. The van der Waals surface area contributed by atoms with Crippen LogP contribution in [0.3, 0.4) is 0 Å². The van der Waals surface area contributed by atoms with Gasteiger partial charge >= 0.3 is 0 Å². The van der Waals surface area contributed by atoms with Gasteiger partial charge in [-0.15, -0.1) is 0 Å². The minimum absolute atomic E-state index is 0.574. The summed E-state index contributed by atoms with van der Waals surface area (Å²) in [7, 11) is 0. The number of para-hydroxylation sites is 1. The maximum absolute atomic E-state index is 6.57. The lowest BCUT2D eigenvalue weighted by Crippen LogP contribution is -2.00. The summed E-state index contributed by atoms with van der Waals surface area (Å²) in [5.41, 5.74) is 10.5. The van der Waals surface area contributed by atoms with E-state index < -0.39 is 0 Å². The van der Waals surface area contributed by atoms with Crippen LogP contribution >= 0.6 is 0 Å². The lowest BCUT2D eigenvalue weighted by atomic mass is 9.97. The van der Waals surface area contributed by atoms with Gasteiger partial charge in [0.25, 0.3) is 0 Å². The quantitative estimate of drug-likeness (QED) is 0.180. The largest absolute Gasteiger partial charge is 0.456 e. The predicted molar refractivity (Wildman–Crippen MR) is 219 cm³/mol. The molecule has 3 aromatic heterocycles. The number of nitrogens with zero attached hydrogens (tertiary/aromatic N) is 3. The van der Waals surface area contributed by atoms with Crippen LogP contribution < -0.4 is 0 Å². The van der Waals surface area contributed by atoms with Crippen LogP contribution in [0.4, 0.5) is 0 Å². The average Bonchev–Trinajstić information content (AvgIpc) is 3.82. The lowest BCUT2D eigenvalue weighted by molar-refractivity contribution is 0.668. The van der Waals surface area contributed by atoms with Gasteiger partial charge in [0.2, 0.25) is 0 Å². The number of rotatable bonds is 5. The molecule has 11 rings (SSSR count). The first-order valence-corrected chi connectivity index (χ1v) is 18.0. The normalized spacial score (nSPS) is 11.7. The molecule has 0 N–H and O–H groups in total. The van der Waals surface area contributed by atoms with Crippen molar-refractivity contribution in [1.29, 1.82) is 0 Å². The summed E-state index contributed by atoms with van der Waals surface area (Å²) in [4.78, 5) is 15.4. The van der Waals surface area contributed by atoms with Crippen LogP contribution in [0.5, 0.6) is 0 Å². The van der Waals surface area contributed by atoms with Gasteiger partial charge in [-0.25, -0.2) is 15.0 Å². The van der Waals surface area contributed by atoms with Gasteiger partial charge in [-0.2, -0.15) is 0 Å². The number of hydrogen-bond acceptors (Lipinski definition) is 5. The summed E-state index contributed by atoms with van der Waals surface area (Å²) in [6, 6.07) is 60.5. The minimum atomic E-state index is 0.574. The molecule has 11 aromatic rings. The van der Waals surface area contributed by atoms with Crippen molar-refractivity contribution in [1.82, 2.24) is 15.0 Å². The van der Waals surface area contributed by atoms with Crippen molar-refractivity contribution >= 4 is 54.6 Å². The van der Waals surface area contributed by atoms with Crippen molar-refractivity contribution in [3.63, 3.8) is 0 Å². The predicted octanol–water partition coefficient (Wildman–Crippen LogP) is 13.2. The molecule has 8 aromatic carbocycles. The Labute approximate surface area is 309 Å². The molecule has 0 bridgehead atoms. The van der Waals surface area contributed by atoms with Crippen LogP contribution in [0.25, 0.3) is 111 Å². The minimum Gasteiger partial charge on any atom is -0.456 e. The molecular formula is C49H29N3O2. The zero-order valence-electron chi connectivity index (χ0n) is 28.9. The van der Waals surface area contributed by atoms with E-state index in [1.165, 1.54) is 21.9 Å². The fourth-order valence-corrected chi connectivity index (χ4v) is 7.72. The highest BCUT2D eigenvalue weighted by Crippen LogP contribution is 2.40.